The van der Waals surface area contributed by atoms with Crippen molar-refractivity contribution in [1.29, 1.82) is 0 Å². The lowest BCUT2D eigenvalue weighted by Crippen LogP contribution is -2.22. The number of esters is 1. The molecule has 1 aromatic heterocycles. The Morgan fingerprint density at radius 3 is 2.40 bits per heavy atom. The van der Waals surface area contributed by atoms with E-state index in [4.69, 9.17) is 20.8 Å². The summed E-state index contributed by atoms with van der Waals surface area (Å²) in [6.07, 6.45) is 0. The second kappa shape index (κ2) is 6.91. The molecule has 0 bridgehead atoms. The summed E-state index contributed by atoms with van der Waals surface area (Å²) < 4.78 is 10.1. The van der Waals surface area contributed by atoms with Crippen LogP contribution in [0.2, 0.25) is 5.02 Å². The molecule has 0 saturated heterocycles. The monoisotopic (exact) mass is 356 g/mol. The normalized spacial score (nSPS) is 10.6. The molecule has 1 heterocycles. The van der Waals surface area contributed by atoms with Crippen molar-refractivity contribution in [2.75, 3.05) is 6.61 Å². The number of hydrogen-bond donors (Lipinski definition) is 0. The molecule has 0 saturated carbocycles. The summed E-state index contributed by atoms with van der Waals surface area (Å²) in [4.78, 5) is 37.6. The summed E-state index contributed by atoms with van der Waals surface area (Å²) in [6, 6.07) is 12.7. The highest BCUT2D eigenvalue weighted by molar-refractivity contribution is 6.30. The minimum absolute atomic E-state index is 0.0346. The van der Waals surface area contributed by atoms with Gasteiger partial charge < -0.3 is 9.15 Å². The van der Waals surface area contributed by atoms with Gasteiger partial charge in [-0.1, -0.05) is 29.8 Å². The maximum absolute atomic E-state index is 13.0. The summed E-state index contributed by atoms with van der Waals surface area (Å²) >= 11 is 5.86. The van der Waals surface area contributed by atoms with E-state index in [1.54, 1.807) is 43.3 Å². The van der Waals surface area contributed by atoms with Crippen molar-refractivity contribution in [2.45, 2.75) is 6.92 Å². The Labute approximate surface area is 147 Å². The molecule has 0 radical (unpaired) electrons. The van der Waals surface area contributed by atoms with Crippen LogP contribution in [0.5, 0.6) is 0 Å². The van der Waals surface area contributed by atoms with E-state index < -0.39 is 22.9 Å². The van der Waals surface area contributed by atoms with Crippen LogP contribution in [-0.2, 0) is 4.74 Å². The summed E-state index contributed by atoms with van der Waals surface area (Å²) in [6.45, 7) is 1.68. The van der Waals surface area contributed by atoms with Crippen LogP contribution in [-0.4, -0.2) is 18.4 Å². The molecular weight excluding hydrogens is 344 g/mol. The van der Waals surface area contributed by atoms with Crippen molar-refractivity contribution in [3.8, 4) is 0 Å². The molecule has 0 aliphatic heterocycles. The number of halogens is 1. The van der Waals surface area contributed by atoms with Crippen LogP contribution >= 0.6 is 11.6 Å². The van der Waals surface area contributed by atoms with Gasteiger partial charge in [-0.3, -0.25) is 4.79 Å². The van der Waals surface area contributed by atoms with Gasteiger partial charge in [0, 0.05) is 16.0 Å². The molecule has 0 aliphatic rings. The molecule has 5 nitrogen and oxygen atoms in total. The van der Waals surface area contributed by atoms with Gasteiger partial charge in [0.25, 0.3) is 0 Å². The molecule has 0 N–H and O–H groups in total. The Balaban J connectivity index is 2.31. The van der Waals surface area contributed by atoms with Gasteiger partial charge in [-0.25, -0.2) is 9.59 Å². The zero-order chi connectivity index (χ0) is 18.0. The second-order valence-electron chi connectivity index (χ2n) is 5.19. The van der Waals surface area contributed by atoms with Crippen molar-refractivity contribution in [1.82, 2.24) is 0 Å². The fraction of sp³-hybridized carbons (Fsp3) is 0.105. The highest BCUT2D eigenvalue weighted by Crippen LogP contribution is 2.24. The summed E-state index contributed by atoms with van der Waals surface area (Å²) in [7, 11) is 0. The van der Waals surface area contributed by atoms with E-state index in [9.17, 15) is 14.4 Å². The summed E-state index contributed by atoms with van der Waals surface area (Å²) in [5, 5.41) is 0.838. The molecule has 0 unspecified atom stereocenters. The summed E-state index contributed by atoms with van der Waals surface area (Å²) in [5.41, 5.74) is -0.828. The average Bonchev–Trinajstić information content (AvgIpc) is 2.60. The van der Waals surface area contributed by atoms with E-state index in [1.165, 1.54) is 12.1 Å². The van der Waals surface area contributed by atoms with Gasteiger partial charge >= 0.3 is 11.6 Å². The predicted octanol–water partition coefficient (Wildman–Crippen LogP) is 3.85. The average molecular weight is 357 g/mol. The molecule has 0 aliphatic carbocycles. The first-order valence-corrected chi connectivity index (χ1v) is 7.94. The molecule has 0 spiro atoms. The summed E-state index contributed by atoms with van der Waals surface area (Å²) in [5.74, 6) is -1.37. The molecule has 0 amide bonds. The van der Waals surface area contributed by atoms with Gasteiger partial charge in [0.15, 0.2) is 11.3 Å². The largest absolute Gasteiger partial charge is 0.462 e. The topological polar surface area (TPSA) is 73.6 Å². The number of ketones is 1. The molecule has 3 rings (SSSR count). The first kappa shape index (κ1) is 16.9. The highest BCUT2D eigenvalue weighted by atomic mass is 35.5. The van der Waals surface area contributed by atoms with Crippen LogP contribution in [0.3, 0.4) is 0 Å². The number of hydrogen-bond acceptors (Lipinski definition) is 5. The third-order valence-electron chi connectivity index (χ3n) is 3.63. The zero-order valence-corrected chi connectivity index (χ0v) is 14.0. The van der Waals surface area contributed by atoms with E-state index >= 15 is 0 Å². The van der Waals surface area contributed by atoms with Gasteiger partial charge in [-0.2, -0.15) is 0 Å². The van der Waals surface area contributed by atoms with Crippen molar-refractivity contribution in [3.63, 3.8) is 0 Å². The van der Waals surface area contributed by atoms with E-state index in [2.05, 4.69) is 0 Å². The van der Waals surface area contributed by atoms with E-state index in [1.807, 2.05) is 0 Å². The van der Waals surface area contributed by atoms with Crippen molar-refractivity contribution < 1.29 is 18.7 Å². The van der Waals surface area contributed by atoms with Crippen molar-refractivity contribution >= 4 is 34.3 Å². The second-order valence-corrected chi connectivity index (χ2v) is 5.63. The van der Waals surface area contributed by atoms with Gasteiger partial charge in [0.2, 0.25) is 0 Å². The highest BCUT2D eigenvalue weighted by Gasteiger charge is 2.27. The first-order chi connectivity index (χ1) is 12.0. The van der Waals surface area contributed by atoms with Crippen LogP contribution in [0.15, 0.2) is 57.7 Å². The van der Waals surface area contributed by atoms with E-state index in [0.29, 0.717) is 16.0 Å². The predicted molar refractivity (Wildman–Crippen MR) is 93.3 cm³/mol. The minimum atomic E-state index is -0.908. The maximum atomic E-state index is 13.0. The smallest absolute Gasteiger partial charge is 0.351 e. The third kappa shape index (κ3) is 3.19. The van der Waals surface area contributed by atoms with E-state index in [-0.39, 0.29) is 17.8 Å². The quantitative estimate of drug-likeness (QED) is 0.403. The molecule has 2 aromatic carbocycles. The van der Waals surface area contributed by atoms with Gasteiger partial charge in [-0.05, 0) is 37.3 Å². The lowest BCUT2D eigenvalue weighted by atomic mass is 9.96. The number of carbonyl (C=O) groups is 2. The van der Waals surface area contributed by atoms with Gasteiger partial charge in [-0.15, -0.1) is 0 Å². The minimum Gasteiger partial charge on any atom is -0.462 e. The number of para-hydroxylation sites is 1. The molecular formula is C19H13ClO5. The number of carbonyl (C=O) groups excluding carboxylic acids is 2. The molecule has 6 heteroatoms. The van der Waals surface area contributed by atoms with Crippen molar-refractivity contribution in [3.05, 3.63) is 80.7 Å². The molecule has 3 aromatic rings. The van der Waals surface area contributed by atoms with Gasteiger partial charge in [0.1, 0.15) is 5.58 Å². The lowest BCUT2D eigenvalue weighted by Gasteiger charge is -2.10. The number of rotatable bonds is 4. The fourth-order valence-corrected chi connectivity index (χ4v) is 2.65. The Hall–Kier alpha value is -2.92. The van der Waals surface area contributed by atoms with E-state index in [0.717, 1.165) is 0 Å². The zero-order valence-electron chi connectivity index (χ0n) is 13.2. The van der Waals surface area contributed by atoms with Crippen LogP contribution in [0, 0.1) is 0 Å². The Kier molecular flexibility index (Phi) is 4.67. The molecule has 126 valence electrons. The molecule has 0 atom stereocenters. The molecule has 0 fully saturated rings. The maximum Gasteiger partial charge on any atom is 0.351 e. The first-order valence-electron chi connectivity index (χ1n) is 7.56. The van der Waals surface area contributed by atoms with Crippen LogP contribution in [0.25, 0.3) is 11.0 Å². The molecule has 25 heavy (non-hydrogen) atoms. The fourth-order valence-electron chi connectivity index (χ4n) is 2.52. The standard InChI is InChI=1S/C19H13ClO5/c1-2-24-18(22)16-15(17(21)11-7-9-12(20)10-8-11)13-5-3-4-6-14(13)25-19(16)23/h3-10H,2H2,1H3. The van der Waals surface area contributed by atoms with Crippen LogP contribution in [0.4, 0.5) is 0 Å². The number of fused-ring (bicyclic) bond motifs is 1. The van der Waals surface area contributed by atoms with Crippen molar-refractivity contribution in [2.24, 2.45) is 0 Å². The lowest BCUT2D eigenvalue weighted by molar-refractivity contribution is 0.0519. The SMILES string of the molecule is CCOC(=O)c1c(C(=O)c2ccc(Cl)cc2)c2ccccc2oc1=O. The van der Waals surface area contributed by atoms with Crippen LogP contribution < -0.4 is 5.63 Å². The van der Waals surface area contributed by atoms with Crippen LogP contribution in [0.1, 0.15) is 33.2 Å². The Morgan fingerprint density at radius 1 is 1.04 bits per heavy atom. The Morgan fingerprint density at radius 2 is 1.72 bits per heavy atom. The van der Waals surface area contributed by atoms with Gasteiger partial charge in [0.05, 0.1) is 12.2 Å². The number of benzene rings is 2. The third-order valence-corrected chi connectivity index (χ3v) is 3.88. The number of ether oxygens (including phenoxy) is 1. The Bertz CT molecular complexity index is 1020.